The molecule has 1 aliphatic rings. The van der Waals surface area contributed by atoms with Crippen molar-refractivity contribution in [3.05, 3.63) is 23.4 Å². The van der Waals surface area contributed by atoms with Crippen molar-refractivity contribution in [3.63, 3.8) is 0 Å². The van der Waals surface area contributed by atoms with Crippen LogP contribution in [0.15, 0.2) is 23.4 Å². The first-order valence-electron chi connectivity index (χ1n) is 5.89. The third kappa shape index (κ3) is 3.33. The summed E-state index contributed by atoms with van der Waals surface area (Å²) in [6.45, 7) is 9.91. The van der Waals surface area contributed by atoms with Gasteiger partial charge >= 0.3 is 6.09 Å². The molecular weight excluding hydrogens is 216 g/mol. The van der Waals surface area contributed by atoms with Crippen LogP contribution in [0.25, 0.3) is 0 Å². The maximum Gasteiger partial charge on any atom is 0.415 e. The molecule has 1 heterocycles. The summed E-state index contributed by atoms with van der Waals surface area (Å²) in [7, 11) is 0. The zero-order chi connectivity index (χ0) is 13.2. The van der Waals surface area contributed by atoms with E-state index in [9.17, 15) is 4.79 Å². The number of nitrogens with zero attached hydrogens (tertiary/aromatic N) is 1. The van der Waals surface area contributed by atoms with Gasteiger partial charge < -0.3 is 10.5 Å². The lowest BCUT2D eigenvalue weighted by atomic mass is 10.1. The highest BCUT2D eigenvalue weighted by molar-refractivity contribution is 5.73. The lowest BCUT2D eigenvalue weighted by molar-refractivity contribution is 0.0344. The van der Waals surface area contributed by atoms with E-state index < -0.39 is 5.60 Å². The molecule has 1 rings (SSSR count). The average molecular weight is 238 g/mol. The molecule has 1 aliphatic heterocycles. The van der Waals surface area contributed by atoms with Crippen LogP contribution in [0.5, 0.6) is 0 Å². The normalized spacial score (nSPS) is 20.5. The lowest BCUT2D eigenvalue weighted by Crippen LogP contribution is -2.35. The molecule has 1 atom stereocenters. The second-order valence-electron chi connectivity index (χ2n) is 5.21. The molecule has 1 amide bonds. The largest absolute Gasteiger partial charge is 0.443 e. The zero-order valence-electron chi connectivity index (χ0n) is 11.3. The molecule has 96 valence electrons. The van der Waals surface area contributed by atoms with E-state index in [1.54, 1.807) is 4.90 Å². The van der Waals surface area contributed by atoms with E-state index >= 15 is 0 Å². The summed E-state index contributed by atoms with van der Waals surface area (Å²) in [6, 6.07) is -0.0753. The van der Waals surface area contributed by atoms with Gasteiger partial charge in [0.2, 0.25) is 0 Å². The molecule has 0 aromatic rings. The fourth-order valence-electron chi connectivity index (χ4n) is 1.78. The Morgan fingerprint density at radius 3 is 2.59 bits per heavy atom. The standard InChI is InChI=1S/C13H22N2O2/c1-6-11-10(9(2)14)7-8-15(11)12(16)17-13(3,4)5/h6-7,9H,8,14H2,1-5H3/b11-6+/t9-/m1/s1. The summed E-state index contributed by atoms with van der Waals surface area (Å²) < 4.78 is 5.35. The van der Waals surface area contributed by atoms with Crippen LogP contribution < -0.4 is 5.73 Å². The van der Waals surface area contributed by atoms with Gasteiger partial charge in [-0.3, -0.25) is 4.90 Å². The molecule has 2 N–H and O–H groups in total. The number of hydrogen-bond acceptors (Lipinski definition) is 3. The summed E-state index contributed by atoms with van der Waals surface area (Å²) in [5.74, 6) is 0. The van der Waals surface area contributed by atoms with E-state index in [2.05, 4.69) is 0 Å². The summed E-state index contributed by atoms with van der Waals surface area (Å²) in [5.41, 5.74) is 7.24. The van der Waals surface area contributed by atoms with Gasteiger partial charge in [0, 0.05) is 18.3 Å². The van der Waals surface area contributed by atoms with Gasteiger partial charge in [0.25, 0.3) is 0 Å². The van der Waals surface area contributed by atoms with Crippen LogP contribution in [-0.4, -0.2) is 29.2 Å². The average Bonchev–Trinajstić information content (AvgIpc) is 2.57. The minimum absolute atomic E-state index is 0.0753. The van der Waals surface area contributed by atoms with Crippen LogP contribution in [0, 0.1) is 0 Å². The second-order valence-corrected chi connectivity index (χ2v) is 5.21. The van der Waals surface area contributed by atoms with Crippen LogP contribution in [0.2, 0.25) is 0 Å². The van der Waals surface area contributed by atoms with Crippen LogP contribution in [0.4, 0.5) is 4.79 Å². The van der Waals surface area contributed by atoms with E-state index in [4.69, 9.17) is 10.5 Å². The highest BCUT2D eigenvalue weighted by Crippen LogP contribution is 2.26. The van der Waals surface area contributed by atoms with Crippen molar-refractivity contribution in [2.45, 2.75) is 46.3 Å². The minimum atomic E-state index is -0.479. The fourth-order valence-corrected chi connectivity index (χ4v) is 1.78. The van der Waals surface area contributed by atoms with E-state index in [-0.39, 0.29) is 12.1 Å². The number of carbonyl (C=O) groups excluding carboxylic acids is 1. The molecule has 0 fully saturated rings. The fraction of sp³-hybridized carbons (Fsp3) is 0.615. The Kier molecular flexibility index (Phi) is 3.98. The first-order chi connectivity index (χ1) is 7.76. The van der Waals surface area contributed by atoms with Crippen LogP contribution in [0.1, 0.15) is 34.6 Å². The highest BCUT2D eigenvalue weighted by atomic mass is 16.6. The first-order valence-corrected chi connectivity index (χ1v) is 5.89. The number of rotatable bonds is 1. The van der Waals surface area contributed by atoms with Crippen molar-refractivity contribution in [3.8, 4) is 0 Å². The molecule has 0 bridgehead atoms. The van der Waals surface area contributed by atoms with Crippen molar-refractivity contribution in [2.24, 2.45) is 5.73 Å². The Bertz CT molecular complexity index is 362. The van der Waals surface area contributed by atoms with Gasteiger partial charge in [0.05, 0.1) is 0 Å². The van der Waals surface area contributed by atoms with Crippen LogP contribution in [0.3, 0.4) is 0 Å². The number of hydrogen-bond donors (Lipinski definition) is 1. The Balaban J connectivity index is 2.80. The van der Waals surface area contributed by atoms with Crippen molar-refractivity contribution < 1.29 is 9.53 Å². The quantitative estimate of drug-likeness (QED) is 0.763. The summed E-state index contributed by atoms with van der Waals surface area (Å²) >= 11 is 0. The Hall–Kier alpha value is -1.29. The van der Waals surface area contributed by atoms with Gasteiger partial charge in [0.1, 0.15) is 5.60 Å². The van der Waals surface area contributed by atoms with Gasteiger partial charge in [-0.2, -0.15) is 0 Å². The van der Waals surface area contributed by atoms with Crippen molar-refractivity contribution >= 4 is 6.09 Å². The monoisotopic (exact) mass is 238 g/mol. The minimum Gasteiger partial charge on any atom is -0.443 e. The molecule has 0 radical (unpaired) electrons. The topological polar surface area (TPSA) is 55.6 Å². The van der Waals surface area contributed by atoms with E-state index in [1.807, 2.05) is 46.8 Å². The zero-order valence-corrected chi connectivity index (χ0v) is 11.3. The number of nitrogens with two attached hydrogens (primary N) is 1. The van der Waals surface area contributed by atoms with Gasteiger partial charge in [-0.05, 0) is 40.2 Å². The van der Waals surface area contributed by atoms with Crippen molar-refractivity contribution in [1.82, 2.24) is 4.90 Å². The molecule has 0 aliphatic carbocycles. The predicted molar refractivity (Wildman–Crippen MR) is 68.4 cm³/mol. The number of amides is 1. The van der Waals surface area contributed by atoms with Crippen LogP contribution >= 0.6 is 0 Å². The van der Waals surface area contributed by atoms with Gasteiger partial charge in [-0.15, -0.1) is 0 Å². The predicted octanol–water partition coefficient (Wildman–Crippen LogP) is 2.41. The number of ether oxygens (including phenoxy) is 1. The maximum atomic E-state index is 12.0. The lowest BCUT2D eigenvalue weighted by Gasteiger charge is -2.26. The third-order valence-electron chi connectivity index (χ3n) is 2.46. The number of carbonyl (C=O) groups is 1. The van der Waals surface area contributed by atoms with Gasteiger partial charge in [-0.25, -0.2) is 4.79 Å². The molecule has 0 unspecified atom stereocenters. The molecular formula is C13H22N2O2. The molecule has 4 heteroatoms. The Labute approximate surface area is 103 Å². The first kappa shape index (κ1) is 13.8. The van der Waals surface area contributed by atoms with Gasteiger partial charge in [-0.1, -0.05) is 12.2 Å². The highest BCUT2D eigenvalue weighted by Gasteiger charge is 2.30. The summed E-state index contributed by atoms with van der Waals surface area (Å²) in [6.07, 6.45) is 3.55. The molecule has 0 saturated heterocycles. The molecule has 0 aromatic heterocycles. The third-order valence-corrected chi connectivity index (χ3v) is 2.46. The molecule has 0 saturated carbocycles. The van der Waals surface area contributed by atoms with Gasteiger partial charge in [0.15, 0.2) is 0 Å². The van der Waals surface area contributed by atoms with E-state index in [0.717, 1.165) is 11.3 Å². The van der Waals surface area contributed by atoms with Crippen molar-refractivity contribution in [2.75, 3.05) is 6.54 Å². The Morgan fingerprint density at radius 2 is 2.18 bits per heavy atom. The summed E-state index contributed by atoms with van der Waals surface area (Å²) in [4.78, 5) is 13.6. The molecule has 4 nitrogen and oxygen atoms in total. The molecule has 17 heavy (non-hydrogen) atoms. The molecule has 0 spiro atoms. The summed E-state index contributed by atoms with van der Waals surface area (Å²) in [5, 5.41) is 0. The second kappa shape index (κ2) is 4.92. The smallest absolute Gasteiger partial charge is 0.415 e. The Morgan fingerprint density at radius 1 is 1.59 bits per heavy atom. The van der Waals surface area contributed by atoms with E-state index in [1.165, 1.54) is 0 Å². The number of allylic oxidation sites excluding steroid dienone is 1. The maximum absolute atomic E-state index is 12.0. The molecule has 0 aromatic carbocycles. The van der Waals surface area contributed by atoms with Crippen LogP contribution in [-0.2, 0) is 4.74 Å². The van der Waals surface area contributed by atoms with Crippen molar-refractivity contribution in [1.29, 1.82) is 0 Å². The SMILES string of the molecule is C/C=C1\C([C@@H](C)N)=CCN1C(=O)OC(C)(C)C. The van der Waals surface area contributed by atoms with E-state index in [0.29, 0.717) is 6.54 Å².